The number of carbonyl (C=O) groups is 2. The topological polar surface area (TPSA) is 129 Å². The Morgan fingerprint density at radius 2 is 1.20 bits per heavy atom. The van der Waals surface area contributed by atoms with E-state index in [2.05, 4.69) is 38.4 Å². The Morgan fingerprint density at radius 1 is 0.733 bits per heavy atom. The fourth-order valence-corrected chi connectivity index (χ4v) is 4.11. The Balaban J connectivity index is 1.66. The van der Waals surface area contributed by atoms with Crippen molar-refractivity contribution >= 4 is 40.4 Å². The van der Waals surface area contributed by atoms with Crippen molar-refractivity contribution in [2.45, 2.75) is 39.5 Å². The lowest BCUT2D eigenvalue weighted by Crippen LogP contribution is -2.32. The minimum atomic E-state index is -0.364. The standard InChI is InChI=1S/C35H34N6O4/c1-5-7-9-33(42)44-21-19-41(20-22-45-34(43)10-8-6-2)32-17-15-30(16-18-32)37-39-31-23-26(3)35(27(4)24-31)40-38-29-13-11-28(25-36)12-14-29/h1-2,11-18,23-24H,7-10,19-22H2,3-4H3. The van der Waals surface area contributed by atoms with E-state index < -0.39 is 0 Å². The number of ether oxygens (including phenoxy) is 2. The Morgan fingerprint density at radius 3 is 1.69 bits per heavy atom. The molecule has 228 valence electrons. The summed E-state index contributed by atoms with van der Waals surface area (Å²) in [5, 5.41) is 26.4. The van der Waals surface area contributed by atoms with Crippen LogP contribution in [0.15, 0.2) is 81.1 Å². The van der Waals surface area contributed by atoms with E-state index in [1.165, 1.54) is 0 Å². The number of anilines is 1. The quantitative estimate of drug-likeness (QED) is 0.0994. The fourth-order valence-electron chi connectivity index (χ4n) is 4.11. The van der Waals surface area contributed by atoms with Crippen LogP contribution in [0.3, 0.4) is 0 Å². The van der Waals surface area contributed by atoms with Gasteiger partial charge in [0.2, 0.25) is 0 Å². The number of esters is 2. The number of hydrogen-bond donors (Lipinski definition) is 0. The molecule has 0 saturated heterocycles. The Labute approximate surface area is 263 Å². The molecule has 3 aromatic carbocycles. The zero-order valence-corrected chi connectivity index (χ0v) is 25.4. The van der Waals surface area contributed by atoms with E-state index in [1.54, 1.807) is 24.3 Å². The number of rotatable bonds is 15. The Bertz CT molecular complexity index is 1580. The maximum atomic E-state index is 11.9. The van der Waals surface area contributed by atoms with Crippen molar-refractivity contribution in [3.8, 4) is 30.8 Å². The number of terminal acetylenes is 2. The van der Waals surface area contributed by atoms with Crippen molar-refractivity contribution in [3.05, 3.63) is 77.4 Å². The van der Waals surface area contributed by atoms with Crippen molar-refractivity contribution in [3.63, 3.8) is 0 Å². The second-order valence-electron chi connectivity index (χ2n) is 9.84. The second-order valence-corrected chi connectivity index (χ2v) is 9.84. The monoisotopic (exact) mass is 602 g/mol. The van der Waals surface area contributed by atoms with E-state index in [1.807, 2.05) is 55.1 Å². The van der Waals surface area contributed by atoms with E-state index in [-0.39, 0.29) is 38.0 Å². The molecule has 0 aliphatic rings. The van der Waals surface area contributed by atoms with Crippen LogP contribution in [0.2, 0.25) is 0 Å². The van der Waals surface area contributed by atoms with E-state index in [0.717, 1.165) is 22.5 Å². The summed E-state index contributed by atoms with van der Waals surface area (Å²) in [6.07, 6.45) is 11.4. The number of aryl methyl sites for hydroxylation is 2. The van der Waals surface area contributed by atoms with E-state index in [9.17, 15) is 9.59 Å². The molecule has 3 rings (SSSR count). The number of nitriles is 1. The van der Waals surface area contributed by atoms with Gasteiger partial charge in [-0.15, -0.1) is 24.7 Å². The van der Waals surface area contributed by atoms with Gasteiger partial charge >= 0.3 is 11.9 Å². The summed E-state index contributed by atoms with van der Waals surface area (Å²) in [5.74, 6) is 4.11. The van der Waals surface area contributed by atoms with Gasteiger partial charge < -0.3 is 14.4 Å². The van der Waals surface area contributed by atoms with Crippen LogP contribution in [0, 0.1) is 49.9 Å². The molecule has 0 spiro atoms. The third kappa shape index (κ3) is 11.4. The van der Waals surface area contributed by atoms with Gasteiger partial charge in [-0.3, -0.25) is 9.59 Å². The van der Waals surface area contributed by atoms with Crippen molar-refractivity contribution in [2.24, 2.45) is 20.5 Å². The van der Waals surface area contributed by atoms with E-state index in [0.29, 0.717) is 48.6 Å². The first-order valence-corrected chi connectivity index (χ1v) is 14.3. The molecule has 3 aromatic rings. The van der Waals surface area contributed by atoms with Crippen LogP contribution in [-0.2, 0) is 19.1 Å². The molecule has 0 bridgehead atoms. The van der Waals surface area contributed by atoms with Gasteiger partial charge in [-0.25, -0.2) is 0 Å². The molecule has 10 heteroatoms. The van der Waals surface area contributed by atoms with Crippen LogP contribution in [0.25, 0.3) is 0 Å². The lowest BCUT2D eigenvalue weighted by molar-refractivity contribution is -0.143. The molecule has 0 unspecified atom stereocenters. The summed E-state index contributed by atoms with van der Waals surface area (Å²) in [5.41, 5.74) is 5.89. The number of hydrogen-bond acceptors (Lipinski definition) is 10. The normalized spacial score (nSPS) is 10.6. The summed E-state index contributed by atoms with van der Waals surface area (Å²) in [4.78, 5) is 25.7. The highest BCUT2D eigenvalue weighted by molar-refractivity contribution is 5.70. The first-order chi connectivity index (χ1) is 21.8. The molecule has 0 fully saturated rings. The van der Waals surface area contributed by atoms with E-state index >= 15 is 0 Å². The molecular weight excluding hydrogens is 568 g/mol. The van der Waals surface area contributed by atoms with Crippen molar-refractivity contribution < 1.29 is 19.1 Å². The van der Waals surface area contributed by atoms with Gasteiger partial charge in [0.05, 0.1) is 60.3 Å². The van der Waals surface area contributed by atoms with Gasteiger partial charge in [0.15, 0.2) is 0 Å². The molecule has 0 aliphatic heterocycles. The molecule has 10 nitrogen and oxygen atoms in total. The molecule has 0 amide bonds. The maximum Gasteiger partial charge on any atom is 0.306 e. The predicted octanol–water partition coefficient (Wildman–Crippen LogP) is 7.73. The van der Waals surface area contributed by atoms with Crippen LogP contribution in [-0.4, -0.2) is 38.2 Å². The smallest absolute Gasteiger partial charge is 0.306 e. The first kappa shape index (κ1) is 33.7. The molecule has 0 saturated carbocycles. The molecule has 0 aliphatic carbocycles. The van der Waals surface area contributed by atoms with Gasteiger partial charge in [-0.05, 0) is 85.6 Å². The zero-order chi connectivity index (χ0) is 32.4. The number of benzene rings is 3. The van der Waals surface area contributed by atoms with Gasteiger partial charge in [0.1, 0.15) is 13.2 Å². The molecule has 0 heterocycles. The van der Waals surface area contributed by atoms with Gasteiger partial charge in [0.25, 0.3) is 0 Å². The maximum absolute atomic E-state index is 11.9. The summed E-state index contributed by atoms with van der Waals surface area (Å²) < 4.78 is 10.6. The van der Waals surface area contributed by atoms with Crippen molar-refractivity contribution in [1.29, 1.82) is 5.26 Å². The van der Waals surface area contributed by atoms with Crippen molar-refractivity contribution in [1.82, 2.24) is 0 Å². The van der Waals surface area contributed by atoms with Gasteiger partial charge in [0, 0.05) is 18.5 Å². The minimum absolute atomic E-state index is 0.150. The lowest BCUT2D eigenvalue weighted by atomic mass is 10.1. The minimum Gasteiger partial charge on any atom is -0.464 e. The van der Waals surface area contributed by atoms with Crippen LogP contribution < -0.4 is 4.90 Å². The van der Waals surface area contributed by atoms with Crippen LogP contribution >= 0.6 is 0 Å². The SMILES string of the molecule is C#CCCC(=O)OCCN(CCOC(=O)CCC#C)c1ccc(N=Nc2cc(C)c(N=Nc3ccc(C#N)cc3)c(C)c2)cc1. The van der Waals surface area contributed by atoms with Crippen molar-refractivity contribution in [2.75, 3.05) is 31.2 Å². The average molecular weight is 603 g/mol. The summed E-state index contributed by atoms with van der Waals surface area (Å²) in [6, 6.07) is 20.1. The zero-order valence-electron chi connectivity index (χ0n) is 25.4. The lowest BCUT2D eigenvalue weighted by Gasteiger charge is -2.24. The molecule has 0 aromatic heterocycles. The highest BCUT2D eigenvalue weighted by Gasteiger charge is 2.11. The molecule has 0 radical (unpaired) electrons. The predicted molar refractivity (Wildman–Crippen MR) is 172 cm³/mol. The third-order valence-electron chi connectivity index (χ3n) is 6.43. The summed E-state index contributed by atoms with van der Waals surface area (Å²) in [6.45, 7) is 4.94. The number of nitrogens with zero attached hydrogens (tertiary/aromatic N) is 6. The van der Waals surface area contributed by atoms with Crippen LogP contribution in [0.1, 0.15) is 42.4 Å². The second kappa shape index (κ2) is 18.0. The number of carbonyl (C=O) groups excluding carboxylic acids is 2. The Hall–Kier alpha value is -5.79. The van der Waals surface area contributed by atoms with Crippen LogP contribution in [0.5, 0.6) is 0 Å². The molecule has 0 atom stereocenters. The highest BCUT2D eigenvalue weighted by atomic mass is 16.5. The average Bonchev–Trinajstić information content (AvgIpc) is 3.05. The number of azo groups is 2. The molecule has 0 N–H and O–H groups in total. The molecular formula is C35H34N6O4. The fraction of sp³-hybridized carbons (Fsp3) is 0.286. The summed E-state index contributed by atoms with van der Waals surface area (Å²) in [7, 11) is 0. The largest absolute Gasteiger partial charge is 0.464 e. The first-order valence-electron chi connectivity index (χ1n) is 14.3. The Kier molecular flexibility index (Phi) is 13.5. The van der Waals surface area contributed by atoms with Gasteiger partial charge in [-0.1, -0.05) is 0 Å². The highest BCUT2D eigenvalue weighted by Crippen LogP contribution is 2.31. The molecule has 45 heavy (non-hydrogen) atoms. The summed E-state index contributed by atoms with van der Waals surface area (Å²) >= 11 is 0. The van der Waals surface area contributed by atoms with E-state index in [4.69, 9.17) is 27.6 Å². The third-order valence-corrected chi connectivity index (χ3v) is 6.43. The van der Waals surface area contributed by atoms with Gasteiger partial charge in [-0.2, -0.15) is 25.7 Å². The van der Waals surface area contributed by atoms with Crippen LogP contribution in [0.4, 0.5) is 28.4 Å².